The minimum Gasteiger partial charge on any atom is -0.394 e. The Bertz CT molecular complexity index is 1160. The SMILES string of the molecule is CCCN1CC=C[C@@]2(C)S[C@]34C=CCN(c5ccccc5Cl)C(=O)C3N([C@H](C)CO)C(=O)[C@@H]4[C@H]2C1=O. The van der Waals surface area contributed by atoms with Crippen LogP contribution in [-0.4, -0.2) is 80.4 Å². The van der Waals surface area contributed by atoms with Crippen LogP contribution in [0, 0.1) is 11.8 Å². The molecule has 0 bridgehead atoms. The van der Waals surface area contributed by atoms with Crippen LogP contribution in [0.4, 0.5) is 5.69 Å². The summed E-state index contributed by atoms with van der Waals surface area (Å²) in [4.78, 5) is 47.5. The van der Waals surface area contributed by atoms with Gasteiger partial charge in [0.25, 0.3) is 5.91 Å². The zero-order chi connectivity index (χ0) is 25.8. The molecular weight excluding hydrogens is 498 g/mol. The normalized spacial score (nSPS) is 34.4. The van der Waals surface area contributed by atoms with Crippen LogP contribution < -0.4 is 4.90 Å². The number of fused-ring (bicyclic) bond motifs is 2. The molecule has 0 aliphatic carbocycles. The number of halogens is 1. The summed E-state index contributed by atoms with van der Waals surface area (Å²) in [5.74, 6) is -1.87. The van der Waals surface area contributed by atoms with Crippen molar-refractivity contribution in [2.75, 3.05) is 31.1 Å². The minimum atomic E-state index is -0.942. The van der Waals surface area contributed by atoms with Gasteiger partial charge in [-0.2, -0.15) is 0 Å². The number of likely N-dealkylation sites (tertiary alicyclic amines) is 1. The zero-order valence-electron chi connectivity index (χ0n) is 20.8. The van der Waals surface area contributed by atoms with Crippen molar-refractivity contribution < 1.29 is 19.5 Å². The maximum atomic E-state index is 14.3. The first kappa shape index (κ1) is 25.4. The van der Waals surface area contributed by atoms with Crippen molar-refractivity contribution >= 4 is 46.8 Å². The fraction of sp³-hybridized carbons (Fsp3) is 0.519. The van der Waals surface area contributed by atoms with Crippen molar-refractivity contribution in [3.8, 4) is 0 Å². The standard InChI is InChI=1S/C27H32ClN3O4S/c1-4-13-29-14-7-11-26(3)20(23(29)33)21-24(34)31(17(2)16-32)22-25(35)30(15-8-12-27(21,22)36-26)19-10-6-5-9-18(19)28/h5-12,17,20-22,32H,4,13-16H2,1-3H3/t17-,20+,21+,22?,26-,27+/m1/s1. The van der Waals surface area contributed by atoms with Gasteiger partial charge in [0.2, 0.25) is 11.8 Å². The van der Waals surface area contributed by atoms with E-state index in [2.05, 4.69) is 6.08 Å². The van der Waals surface area contributed by atoms with Crippen LogP contribution in [0.5, 0.6) is 0 Å². The van der Waals surface area contributed by atoms with Gasteiger partial charge in [-0.3, -0.25) is 14.4 Å². The van der Waals surface area contributed by atoms with E-state index in [-0.39, 0.29) is 24.3 Å². The molecule has 36 heavy (non-hydrogen) atoms. The van der Waals surface area contributed by atoms with Crippen LogP contribution in [0.15, 0.2) is 48.6 Å². The molecule has 2 fully saturated rings. The van der Waals surface area contributed by atoms with Crippen molar-refractivity contribution in [3.63, 3.8) is 0 Å². The highest BCUT2D eigenvalue weighted by Gasteiger charge is 2.74. The molecule has 7 nitrogen and oxygen atoms in total. The van der Waals surface area contributed by atoms with E-state index in [1.807, 2.05) is 49.1 Å². The molecule has 5 rings (SSSR count). The van der Waals surface area contributed by atoms with E-state index >= 15 is 0 Å². The number of rotatable bonds is 5. The first-order valence-electron chi connectivity index (χ1n) is 12.5. The van der Waals surface area contributed by atoms with E-state index in [0.717, 1.165) is 6.42 Å². The molecule has 0 aromatic heterocycles. The van der Waals surface area contributed by atoms with Gasteiger partial charge in [0.15, 0.2) is 0 Å². The molecule has 1 spiro atoms. The Morgan fingerprint density at radius 1 is 1.08 bits per heavy atom. The Labute approximate surface area is 221 Å². The third-order valence-electron chi connectivity index (χ3n) is 7.95. The van der Waals surface area contributed by atoms with E-state index < -0.39 is 33.4 Å². The maximum absolute atomic E-state index is 14.3. The Morgan fingerprint density at radius 2 is 1.81 bits per heavy atom. The number of aliphatic hydroxyl groups excluding tert-OH is 1. The van der Waals surface area contributed by atoms with Crippen LogP contribution in [0.25, 0.3) is 0 Å². The number of carbonyl (C=O) groups excluding carboxylic acids is 3. The van der Waals surface area contributed by atoms with Gasteiger partial charge < -0.3 is 19.8 Å². The monoisotopic (exact) mass is 529 g/mol. The summed E-state index contributed by atoms with van der Waals surface area (Å²) in [5.41, 5.74) is 0.576. The van der Waals surface area contributed by atoms with Crippen LogP contribution in [0.3, 0.4) is 0 Å². The fourth-order valence-electron chi connectivity index (χ4n) is 6.43. The van der Waals surface area contributed by atoms with Crippen LogP contribution in [0.2, 0.25) is 5.02 Å². The first-order valence-corrected chi connectivity index (χ1v) is 13.7. The summed E-state index contributed by atoms with van der Waals surface area (Å²) in [6, 6.07) is 5.71. The molecule has 1 aromatic rings. The number of hydrogen-bond donors (Lipinski definition) is 1. The average molecular weight is 530 g/mol. The highest BCUT2D eigenvalue weighted by atomic mass is 35.5. The van der Waals surface area contributed by atoms with Crippen molar-refractivity contribution in [3.05, 3.63) is 53.6 Å². The molecule has 1 unspecified atom stereocenters. The van der Waals surface area contributed by atoms with Crippen molar-refractivity contribution in [1.82, 2.24) is 9.80 Å². The Hall–Kier alpha value is -2.29. The molecule has 9 heteroatoms. The van der Waals surface area contributed by atoms with E-state index in [4.69, 9.17) is 11.6 Å². The smallest absolute Gasteiger partial charge is 0.251 e. The quantitative estimate of drug-likeness (QED) is 0.593. The molecule has 0 radical (unpaired) electrons. The molecule has 1 N–H and O–H groups in total. The maximum Gasteiger partial charge on any atom is 0.251 e. The molecule has 0 saturated carbocycles. The number of amides is 3. The number of para-hydroxylation sites is 1. The van der Waals surface area contributed by atoms with E-state index in [1.54, 1.807) is 35.7 Å². The summed E-state index contributed by atoms with van der Waals surface area (Å²) < 4.78 is -1.58. The van der Waals surface area contributed by atoms with Gasteiger partial charge in [-0.1, -0.05) is 55.0 Å². The summed E-state index contributed by atoms with van der Waals surface area (Å²) in [7, 11) is 0. The van der Waals surface area contributed by atoms with Crippen LogP contribution in [-0.2, 0) is 14.4 Å². The van der Waals surface area contributed by atoms with Crippen LogP contribution >= 0.6 is 23.4 Å². The van der Waals surface area contributed by atoms with E-state index in [9.17, 15) is 19.5 Å². The molecule has 4 aliphatic heterocycles. The number of hydrogen-bond acceptors (Lipinski definition) is 5. The number of aliphatic hydroxyl groups is 1. The van der Waals surface area contributed by atoms with Crippen molar-refractivity contribution in [2.24, 2.45) is 11.8 Å². The fourth-order valence-corrected chi connectivity index (χ4v) is 8.81. The second kappa shape index (κ2) is 9.23. The van der Waals surface area contributed by atoms with Gasteiger partial charge in [0, 0.05) is 24.4 Å². The summed E-state index contributed by atoms with van der Waals surface area (Å²) in [6.45, 7) is 6.94. The highest BCUT2D eigenvalue weighted by Crippen LogP contribution is 2.65. The predicted molar refractivity (Wildman–Crippen MR) is 142 cm³/mol. The predicted octanol–water partition coefficient (Wildman–Crippen LogP) is 3.12. The lowest BCUT2D eigenvalue weighted by Crippen LogP contribution is -2.56. The van der Waals surface area contributed by atoms with Crippen molar-refractivity contribution in [2.45, 2.75) is 48.8 Å². The molecule has 192 valence electrons. The number of benzene rings is 1. The summed E-state index contributed by atoms with van der Waals surface area (Å²) in [6.07, 6.45) is 8.80. The van der Waals surface area contributed by atoms with E-state index in [0.29, 0.717) is 30.3 Å². The van der Waals surface area contributed by atoms with Gasteiger partial charge in [-0.05, 0) is 32.4 Å². The zero-order valence-corrected chi connectivity index (χ0v) is 22.3. The molecule has 4 heterocycles. The number of nitrogens with zero attached hydrogens (tertiary/aromatic N) is 3. The second-order valence-electron chi connectivity index (χ2n) is 10.3. The lowest BCUT2D eigenvalue weighted by atomic mass is 9.74. The largest absolute Gasteiger partial charge is 0.394 e. The molecule has 4 aliphatic rings. The third-order valence-corrected chi connectivity index (χ3v) is 10.1. The Morgan fingerprint density at radius 3 is 2.50 bits per heavy atom. The number of thioether (sulfide) groups is 1. The molecule has 3 amide bonds. The number of anilines is 1. The molecular formula is C27H32ClN3O4S. The average Bonchev–Trinajstić information content (AvgIpc) is 3.13. The highest BCUT2D eigenvalue weighted by molar-refractivity contribution is 8.02. The molecule has 1 aromatic carbocycles. The minimum absolute atomic E-state index is 0.0441. The number of carbonyl (C=O) groups is 3. The van der Waals surface area contributed by atoms with Gasteiger partial charge in [0.1, 0.15) is 6.04 Å². The Balaban J connectivity index is 1.67. The summed E-state index contributed by atoms with van der Waals surface area (Å²) >= 11 is 8.03. The molecule has 2 saturated heterocycles. The first-order chi connectivity index (χ1) is 17.2. The lowest BCUT2D eigenvalue weighted by molar-refractivity contribution is -0.145. The van der Waals surface area contributed by atoms with Gasteiger partial charge in [-0.25, -0.2) is 0 Å². The second-order valence-corrected chi connectivity index (χ2v) is 12.5. The molecule has 6 atom stereocenters. The third kappa shape index (κ3) is 3.56. The van der Waals surface area contributed by atoms with Gasteiger partial charge >= 0.3 is 0 Å². The topological polar surface area (TPSA) is 81.2 Å². The Kier molecular flexibility index (Phi) is 6.50. The summed E-state index contributed by atoms with van der Waals surface area (Å²) in [5, 5.41) is 10.5. The lowest BCUT2D eigenvalue weighted by Gasteiger charge is -2.39. The van der Waals surface area contributed by atoms with E-state index in [1.165, 1.54) is 4.90 Å². The van der Waals surface area contributed by atoms with Gasteiger partial charge in [-0.15, -0.1) is 11.8 Å². The van der Waals surface area contributed by atoms with Crippen LogP contribution in [0.1, 0.15) is 27.2 Å². The van der Waals surface area contributed by atoms with Gasteiger partial charge in [0.05, 0.1) is 39.9 Å². The van der Waals surface area contributed by atoms with Crippen molar-refractivity contribution in [1.29, 1.82) is 0 Å².